The van der Waals surface area contributed by atoms with E-state index in [0.717, 1.165) is 134 Å². The Morgan fingerprint density at radius 2 is 0.536 bits per heavy atom. The number of aromatic nitrogens is 8. The molecule has 8 aromatic heterocycles. The molecule has 0 unspecified atom stereocenters. The van der Waals surface area contributed by atoms with E-state index in [1.807, 2.05) is 76.2 Å². The van der Waals surface area contributed by atoms with Gasteiger partial charge in [-0.25, -0.2) is 19.9 Å². The molecule has 5 N–H and O–H groups in total. The van der Waals surface area contributed by atoms with Crippen molar-refractivity contribution in [3.05, 3.63) is 179 Å². The van der Waals surface area contributed by atoms with Crippen molar-refractivity contribution in [2.75, 3.05) is 153 Å². The number of carboxylic acids is 1. The van der Waals surface area contributed by atoms with E-state index in [9.17, 15) is 38.4 Å². The summed E-state index contributed by atoms with van der Waals surface area (Å²) in [7, 11) is 8.31. The number of thioether (sulfide) groups is 4. The Labute approximate surface area is 681 Å². The van der Waals surface area contributed by atoms with Gasteiger partial charge in [0.25, 0.3) is 51.8 Å². The largest absolute Gasteiger partial charge is 0.481 e. The molecule has 8 aromatic rings. The average Bonchev–Trinajstić information content (AvgIpc) is 1.06. The Hall–Kier alpha value is -9.45. The van der Waals surface area contributed by atoms with Gasteiger partial charge in [0.1, 0.15) is 63.1 Å². The maximum atomic E-state index is 13.3. The lowest BCUT2D eigenvalue weighted by molar-refractivity contribution is -0.134. The molecule has 16 rings (SSSR count). The molecule has 112 heavy (non-hydrogen) atoms. The molecular weight excluding hydrogens is 1590 g/mol. The number of likely N-dealkylation sites (N-methyl/N-ethyl adjacent to an activating group) is 4. The maximum Gasteiger partial charge on any atom is 0.300 e. The summed E-state index contributed by atoms with van der Waals surface area (Å²) >= 11 is 24.9. The summed E-state index contributed by atoms with van der Waals surface area (Å²) in [6.07, 6.45) is 13.3. The Bertz CT molecular complexity index is 4940. The van der Waals surface area contributed by atoms with E-state index >= 15 is 0 Å². The average molecular weight is 1670 g/mol. The van der Waals surface area contributed by atoms with Crippen LogP contribution in [0.5, 0.6) is 0 Å². The van der Waals surface area contributed by atoms with Gasteiger partial charge in [0, 0.05) is 136 Å². The fourth-order valence-electron chi connectivity index (χ4n) is 13.0. The highest BCUT2D eigenvalue weighted by Gasteiger charge is 2.32. The normalized spacial score (nSPS) is 19.4. The number of hydrogen-bond acceptors (Lipinski definition) is 29. The zero-order chi connectivity index (χ0) is 80.1. The van der Waals surface area contributed by atoms with Gasteiger partial charge in [-0.2, -0.15) is 0 Å². The topological polar surface area (TPSA) is 317 Å². The molecule has 0 aliphatic carbocycles. The van der Waals surface area contributed by atoms with Gasteiger partial charge in [-0.15, -0.1) is 0 Å². The SMILES string of the molecule is CC(=O)O.Cc1cccn2c(=O)c(/C=C3\SC(=S)NC3=O)c(N3CCN(C)CC3)nc12.Cc1cccn2c(=O)c(/C=C3\SC(=S)NC3=O)c(N3CCN(C)CC3)nc12.Cc1cccn2c(=O)c(/C=C3\SC(=S)NC3=O)c(N3CCN(C)CC3)nc12.Cc1cccn2c(=O)c(/C=C3\SC(=S)NC3=O)c(N3CCN(C)CC3)nc12. The standard InChI is InChI=1S/4C18H19N5O2S2.C2H4O2/c4*1-11-4-3-5-23-14(11)19-15(22-8-6-21(2)7-9-22)12(17(23)25)10-13-16(24)20-18(26)27-13;1-2(3)4/h4*3-5,10H,6-9H2,1-2H3,(H,20,24,26);1H3,(H,3,4)/b4*13-10-;. The second kappa shape index (κ2) is 35.7. The molecule has 8 fully saturated rings. The van der Waals surface area contributed by atoms with Crippen molar-refractivity contribution in [2.45, 2.75) is 34.6 Å². The molecule has 0 bridgehead atoms. The summed E-state index contributed by atoms with van der Waals surface area (Å²) in [5, 5.41) is 17.8. The van der Waals surface area contributed by atoms with Gasteiger partial charge in [-0.3, -0.25) is 60.8 Å². The van der Waals surface area contributed by atoms with Crippen molar-refractivity contribution in [3.8, 4) is 0 Å². The molecule has 8 saturated heterocycles. The number of carbonyl (C=O) groups is 5. The van der Waals surface area contributed by atoms with Crippen molar-refractivity contribution in [1.82, 2.24) is 78.4 Å². The van der Waals surface area contributed by atoms with Crippen LogP contribution >= 0.6 is 95.9 Å². The molecule has 0 saturated carbocycles. The van der Waals surface area contributed by atoms with Crippen LogP contribution in [0.25, 0.3) is 46.9 Å². The Morgan fingerprint density at radius 3 is 0.696 bits per heavy atom. The van der Waals surface area contributed by atoms with Crippen LogP contribution in [0.15, 0.2) is 112 Å². The summed E-state index contributed by atoms with van der Waals surface area (Å²) in [6.45, 7) is 22.2. The lowest BCUT2D eigenvalue weighted by Crippen LogP contribution is -2.45. The van der Waals surface area contributed by atoms with E-state index in [1.54, 1.807) is 49.1 Å². The summed E-state index contributed by atoms with van der Waals surface area (Å²) in [5.41, 5.74) is 7.21. The smallest absolute Gasteiger partial charge is 0.300 e. The molecule has 0 aromatic carbocycles. The monoisotopic (exact) mass is 1660 g/mol. The van der Waals surface area contributed by atoms with Crippen LogP contribution in [0.2, 0.25) is 0 Å². The van der Waals surface area contributed by atoms with Crippen molar-refractivity contribution in [3.63, 3.8) is 0 Å². The molecule has 584 valence electrons. The highest BCUT2D eigenvalue weighted by molar-refractivity contribution is 8.28. The van der Waals surface area contributed by atoms with Crippen molar-refractivity contribution < 1.29 is 29.1 Å². The van der Waals surface area contributed by atoms with Crippen molar-refractivity contribution in [2.24, 2.45) is 0 Å². The summed E-state index contributed by atoms with van der Waals surface area (Å²) in [4.78, 5) is 149. The van der Waals surface area contributed by atoms with Gasteiger partial charge < -0.3 is 65.6 Å². The van der Waals surface area contributed by atoms with E-state index < -0.39 is 5.97 Å². The van der Waals surface area contributed by atoms with Crippen molar-refractivity contribution in [1.29, 1.82) is 0 Å². The first-order valence-corrected chi connectivity index (χ1v) is 40.4. The second-order valence-corrected chi connectivity index (χ2v) is 34.1. The van der Waals surface area contributed by atoms with Gasteiger partial charge in [0.05, 0.1) is 41.9 Å². The van der Waals surface area contributed by atoms with Crippen LogP contribution in [0.3, 0.4) is 0 Å². The number of carbonyl (C=O) groups excluding carboxylic acids is 4. The second-order valence-electron chi connectivity index (χ2n) is 27.2. The van der Waals surface area contributed by atoms with E-state index in [1.165, 1.54) is 64.7 Å². The Kier molecular flexibility index (Phi) is 26.2. The number of thiocarbonyl (C=S) groups is 4. The minimum atomic E-state index is -0.833. The number of carboxylic acid groups (broad SMARTS) is 1. The molecule has 0 radical (unpaired) electrons. The quantitative estimate of drug-likeness (QED) is 0.0980. The number of nitrogens with one attached hydrogen (secondary N) is 4. The number of fused-ring (bicyclic) bond motifs is 4. The molecule has 16 heterocycles. The number of anilines is 4. The van der Waals surface area contributed by atoms with Crippen molar-refractivity contribution >= 4 is 213 Å². The molecular formula is C74H80N20O10S8. The number of aryl methyl sites for hydroxylation is 4. The van der Waals surface area contributed by atoms with Crippen LogP contribution in [-0.2, 0) is 24.0 Å². The van der Waals surface area contributed by atoms with Gasteiger partial charge in [-0.05, 0) is 127 Å². The minimum Gasteiger partial charge on any atom is -0.481 e. The van der Waals surface area contributed by atoms with Gasteiger partial charge in [0.2, 0.25) is 0 Å². The van der Waals surface area contributed by atoms with Crippen LogP contribution in [0, 0.1) is 27.7 Å². The van der Waals surface area contributed by atoms with Crippen LogP contribution < -0.4 is 63.1 Å². The summed E-state index contributed by atoms with van der Waals surface area (Å²) < 4.78 is 7.76. The van der Waals surface area contributed by atoms with Crippen LogP contribution in [-0.4, -0.2) is 242 Å². The number of nitrogens with zero attached hydrogens (tertiary/aromatic N) is 16. The van der Waals surface area contributed by atoms with Gasteiger partial charge >= 0.3 is 0 Å². The zero-order valence-electron chi connectivity index (χ0n) is 62.6. The number of aliphatic carboxylic acids is 1. The molecule has 8 aliphatic rings. The molecule has 8 aliphatic heterocycles. The number of piperazine rings is 4. The highest BCUT2D eigenvalue weighted by Crippen LogP contribution is 2.34. The molecule has 4 amide bonds. The van der Waals surface area contributed by atoms with E-state index in [0.29, 0.717) is 105 Å². The minimum absolute atomic E-state index is 0.184. The van der Waals surface area contributed by atoms with E-state index in [4.69, 9.17) is 78.7 Å². The first-order chi connectivity index (χ1) is 53.5. The van der Waals surface area contributed by atoms with E-state index in [2.05, 4.69) is 88.7 Å². The highest BCUT2D eigenvalue weighted by atomic mass is 32.2. The lowest BCUT2D eigenvalue weighted by Gasteiger charge is -2.34. The number of rotatable bonds is 8. The van der Waals surface area contributed by atoms with Crippen LogP contribution in [0.4, 0.5) is 23.3 Å². The Morgan fingerprint density at radius 1 is 0.357 bits per heavy atom. The predicted molar refractivity (Wildman–Crippen MR) is 462 cm³/mol. The van der Waals surface area contributed by atoms with E-state index in [-0.39, 0.29) is 45.9 Å². The number of hydrogen-bond donors (Lipinski definition) is 5. The number of amides is 4. The fourth-order valence-corrected chi connectivity index (χ4v) is 17.1. The Balaban J connectivity index is 0.000000136. The predicted octanol–water partition coefficient (Wildman–Crippen LogP) is 5.06. The van der Waals surface area contributed by atoms with Gasteiger partial charge in [0.15, 0.2) is 0 Å². The summed E-state index contributed by atoms with van der Waals surface area (Å²) in [6, 6.07) is 15.0. The fraction of sp³-hybridized carbons (Fsp3) is 0.338. The third-order valence-corrected chi connectivity index (χ3v) is 23.8. The summed E-state index contributed by atoms with van der Waals surface area (Å²) in [5.74, 6) is 0.571. The third kappa shape index (κ3) is 18.7. The lowest BCUT2D eigenvalue weighted by atomic mass is 10.2. The molecule has 0 spiro atoms. The molecule has 30 nitrogen and oxygen atoms in total. The van der Waals surface area contributed by atoms with Crippen LogP contribution in [0.1, 0.15) is 51.4 Å². The zero-order valence-corrected chi connectivity index (χ0v) is 69.1. The third-order valence-electron chi connectivity index (χ3n) is 19.1. The molecule has 38 heteroatoms. The maximum absolute atomic E-state index is 13.3. The molecule has 0 atom stereocenters. The first kappa shape index (κ1) is 82.0. The number of pyridine rings is 4. The van der Waals surface area contributed by atoms with Gasteiger partial charge in [-0.1, -0.05) is 120 Å². The first-order valence-electron chi connectivity index (χ1n) is 35.5.